The van der Waals surface area contributed by atoms with E-state index in [0.717, 1.165) is 57.5 Å². The second kappa shape index (κ2) is 9.99. The number of carbonyl (C=O) groups is 2. The standard InChI is InChI=1S/C26H33N3O2/c1-21-10-12-24(13-11-21)27-15-17-28(18-16-27)25(30)19-23-9-5-6-14-29(26(23)31)20-22-7-3-2-4-8-22/h2-4,7-8,10-13,23H,5-6,9,14-20H2,1H3. The van der Waals surface area contributed by atoms with Crippen LogP contribution in [0.4, 0.5) is 5.69 Å². The summed E-state index contributed by atoms with van der Waals surface area (Å²) in [5.41, 5.74) is 3.62. The molecule has 164 valence electrons. The molecule has 0 aliphatic carbocycles. The number of nitrogens with zero attached hydrogens (tertiary/aromatic N) is 3. The molecule has 2 heterocycles. The zero-order valence-corrected chi connectivity index (χ0v) is 18.5. The van der Waals surface area contributed by atoms with Gasteiger partial charge in [0.05, 0.1) is 0 Å². The lowest BCUT2D eigenvalue weighted by atomic mass is 9.97. The van der Waals surface area contributed by atoms with Crippen molar-refractivity contribution in [1.29, 1.82) is 0 Å². The molecule has 2 aliphatic rings. The summed E-state index contributed by atoms with van der Waals surface area (Å²) in [5, 5.41) is 0. The third kappa shape index (κ3) is 5.46. The number of carbonyl (C=O) groups excluding carboxylic acids is 2. The average molecular weight is 420 g/mol. The van der Waals surface area contributed by atoms with Gasteiger partial charge in [-0.3, -0.25) is 9.59 Å². The molecule has 0 N–H and O–H groups in total. The van der Waals surface area contributed by atoms with Gasteiger partial charge in [0.15, 0.2) is 0 Å². The number of rotatable bonds is 5. The molecular weight excluding hydrogens is 386 g/mol. The van der Waals surface area contributed by atoms with E-state index in [1.807, 2.05) is 28.0 Å². The molecule has 2 fully saturated rings. The molecule has 1 unspecified atom stereocenters. The van der Waals surface area contributed by atoms with E-state index in [1.165, 1.54) is 11.3 Å². The van der Waals surface area contributed by atoms with Crippen molar-refractivity contribution in [3.63, 3.8) is 0 Å². The summed E-state index contributed by atoms with van der Waals surface area (Å²) < 4.78 is 0. The van der Waals surface area contributed by atoms with Crippen molar-refractivity contribution in [2.24, 2.45) is 5.92 Å². The molecule has 2 aromatic rings. The van der Waals surface area contributed by atoms with Gasteiger partial charge < -0.3 is 14.7 Å². The second-order valence-electron chi connectivity index (χ2n) is 8.85. The number of hydrogen-bond donors (Lipinski definition) is 0. The minimum absolute atomic E-state index is 0.128. The van der Waals surface area contributed by atoms with Crippen LogP contribution in [0, 0.1) is 12.8 Å². The number of anilines is 1. The van der Waals surface area contributed by atoms with Gasteiger partial charge in [-0.15, -0.1) is 0 Å². The van der Waals surface area contributed by atoms with Crippen LogP contribution in [0.25, 0.3) is 0 Å². The maximum Gasteiger partial charge on any atom is 0.226 e. The Morgan fingerprint density at radius 1 is 0.903 bits per heavy atom. The predicted octanol–water partition coefficient (Wildman–Crippen LogP) is 3.86. The van der Waals surface area contributed by atoms with Gasteiger partial charge in [-0.2, -0.15) is 0 Å². The van der Waals surface area contributed by atoms with Gasteiger partial charge in [0.25, 0.3) is 0 Å². The van der Waals surface area contributed by atoms with E-state index in [2.05, 4.69) is 48.2 Å². The minimum atomic E-state index is -0.186. The number of benzene rings is 2. The molecule has 2 saturated heterocycles. The number of aryl methyl sites for hydroxylation is 1. The monoisotopic (exact) mass is 419 g/mol. The van der Waals surface area contributed by atoms with Crippen LogP contribution in [-0.4, -0.2) is 54.3 Å². The molecule has 5 heteroatoms. The summed E-state index contributed by atoms with van der Waals surface area (Å²) in [7, 11) is 0. The Morgan fingerprint density at radius 2 is 1.61 bits per heavy atom. The Bertz CT molecular complexity index is 873. The third-order valence-electron chi connectivity index (χ3n) is 6.56. The number of piperazine rings is 1. The Hall–Kier alpha value is -2.82. The van der Waals surface area contributed by atoms with E-state index in [9.17, 15) is 9.59 Å². The van der Waals surface area contributed by atoms with Gasteiger partial charge in [0.2, 0.25) is 11.8 Å². The third-order valence-corrected chi connectivity index (χ3v) is 6.56. The van der Waals surface area contributed by atoms with Crippen LogP contribution in [0.15, 0.2) is 54.6 Å². The summed E-state index contributed by atoms with van der Waals surface area (Å²) in [4.78, 5) is 32.4. The first-order chi connectivity index (χ1) is 15.1. The summed E-state index contributed by atoms with van der Waals surface area (Å²) in [6.07, 6.45) is 3.18. The van der Waals surface area contributed by atoms with Crippen molar-refractivity contribution in [2.75, 3.05) is 37.6 Å². The van der Waals surface area contributed by atoms with Gasteiger partial charge in [0, 0.05) is 57.3 Å². The molecule has 1 atom stereocenters. The lowest BCUT2D eigenvalue weighted by molar-refractivity contribution is -0.141. The van der Waals surface area contributed by atoms with Gasteiger partial charge in [-0.05, 0) is 37.5 Å². The van der Waals surface area contributed by atoms with E-state index in [-0.39, 0.29) is 17.7 Å². The lowest BCUT2D eigenvalue weighted by Gasteiger charge is -2.36. The highest BCUT2D eigenvalue weighted by atomic mass is 16.2. The second-order valence-corrected chi connectivity index (χ2v) is 8.85. The van der Waals surface area contributed by atoms with E-state index in [1.54, 1.807) is 0 Å². The van der Waals surface area contributed by atoms with Crippen molar-refractivity contribution in [3.8, 4) is 0 Å². The van der Waals surface area contributed by atoms with E-state index in [0.29, 0.717) is 13.0 Å². The van der Waals surface area contributed by atoms with Crippen molar-refractivity contribution >= 4 is 17.5 Å². The SMILES string of the molecule is Cc1ccc(N2CCN(C(=O)CC3CCCCN(Cc4ccccc4)C3=O)CC2)cc1. The highest BCUT2D eigenvalue weighted by molar-refractivity contribution is 5.86. The van der Waals surface area contributed by atoms with Crippen LogP contribution >= 0.6 is 0 Å². The van der Waals surface area contributed by atoms with Crippen LogP contribution in [-0.2, 0) is 16.1 Å². The summed E-state index contributed by atoms with van der Waals surface area (Å²) >= 11 is 0. The van der Waals surface area contributed by atoms with Crippen LogP contribution in [0.3, 0.4) is 0 Å². The molecule has 0 saturated carbocycles. The Morgan fingerprint density at radius 3 is 2.32 bits per heavy atom. The number of likely N-dealkylation sites (tertiary alicyclic amines) is 1. The molecule has 5 nitrogen and oxygen atoms in total. The largest absolute Gasteiger partial charge is 0.368 e. The average Bonchev–Trinajstić information content (AvgIpc) is 2.97. The molecule has 0 aromatic heterocycles. The quantitative estimate of drug-likeness (QED) is 0.739. The highest BCUT2D eigenvalue weighted by Crippen LogP contribution is 2.24. The van der Waals surface area contributed by atoms with Gasteiger partial charge in [-0.25, -0.2) is 0 Å². The molecule has 31 heavy (non-hydrogen) atoms. The van der Waals surface area contributed by atoms with Crippen molar-refractivity contribution in [2.45, 2.75) is 39.2 Å². The summed E-state index contributed by atoms with van der Waals surface area (Å²) in [6.45, 7) is 6.65. The lowest BCUT2D eigenvalue weighted by Crippen LogP contribution is -2.49. The summed E-state index contributed by atoms with van der Waals surface area (Å²) in [5.74, 6) is 0.0882. The smallest absolute Gasteiger partial charge is 0.226 e. The van der Waals surface area contributed by atoms with Gasteiger partial charge in [0.1, 0.15) is 0 Å². The molecule has 4 rings (SSSR count). The van der Waals surface area contributed by atoms with Crippen LogP contribution < -0.4 is 4.90 Å². The van der Waals surface area contributed by atoms with Crippen molar-refractivity contribution in [3.05, 3.63) is 65.7 Å². The van der Waals surface area contributed by atoms with Gasteiger partial charge in [-0.1, -0.05) is 54.4 Å². The first kappa shape index (κ1) is 21.4. The first-order valence-corrected chi connectivity index (χ1v) is 11.5. The molecule has 2 aromatic carbocycles. The Kier molecular flexibility index (Phi) is 6.90. The molecular formula is C26H33N3O2. The zero-order chi connectivity index (χ0) is 21.6. The molecule has 0 spiro atoms. The number of amides is 2. The predicted molar refractivity (Wildman–Crippen MR) is 124 cm³/mol. The molecule has 0 bridgehead atoms. The van der Waals surface area contributed by atoms with Crippen molar-refractivity contribution < 1.29 is 9.59 Å². The fraction of sp³-hybridized carbons (Fsp3) is 0.462. The van der Waals surface area contributed by atoms with E-state index >= 15 is 0 Å². The minimum Gasteiger partial charge on any atom is -0.368 e. The Balaban J connectivity index is 1.32. The van der Waals surface area contributed by atoms with Crippen LogP contribution in [0.5, 0.6) is 0 Å². The maximum atomic E-state index is 13.2. The fourth-order valence-corrected chi connectivity index (χ4v) is 4.64. The molecule has 2 amide bonds. The maximum absolute atomic E-state index is 13.2. The van der Waals surface area contributed by atoms with E-state index in [4.69, 9.17) is 0 Å². The topological polar surface area (TPSA) is 43.9 Å². The van der Waals surface area contributed by atoms with E-state index < -0.39 is 0 Å². The first-order valence-electron chi connectivity index (χ1n) is 11.5. The normalized spacial score (nSPS) is 20.0. The van der Waals surface area contributed by atoms with Gasteiger partial charge >= 0.3 is 0 Å². The molecule has 2 aliphatic heterocycles. The highest BCUT2D eigenvalue weighted by Gasteiger charge is 2.31. The Labute approximate surface area is 185 Å². The van der Waals surface area contributed by atoms with Crippen LogP contribution in [0.2, 0.25) is 0 Å². The van der Waals surface area contributed by atoms with Crippen molar-refractivity contribution in [1.82, 2.24) is 9.80 Å². The number of hydrogen-bond acceptors (Lipinski definition) is 3. The zero-order valence-electron chi connectivity index (χ0n) is 18.5. The fourth-order valence-electron chi connectivity index (χ4n) is 4.64. The summed E-state index contributed by atoms with van der Waals surface area (Å²) in [6, 6.07) is 18.7. The molecule has 0 radical (unpaired) electrons. The van der Waals surface area contributed by atoms with Crippen LogP contribution in [0.1, 0.15) is 36.8 Å².